The second-order valence-corrected chi connectivity index (χ2v) is 8.37. The molecular weight excluding hydrogens is 398 g/mol. The summed E-state index contributed by atoms with van der Waals surface area (Å²) in [5.41, 5.74) is 2.98. The van der Waals surface area contributed by atoms with Gasteiger partial charge in [-0.05, 0) is 56.2 Å². The first-order valence-corrected chi connectivity index (χ1v) is 11.1. The molecule has 0 bridgehead atoms. The smallest absolute Gasteiger partial charge is 0.254 e. The summed E-state index contributed by atoms with van der Waals surface area (Å²) < 4.78 is 5.55. The lowest BCUT2D eigenvalue weighted by Gasteiger charge is -2.34. The molecule has 0 unspecified atom stereocenters. The SMILES string of the molecule is CC(C)OCCNc1cccc(C(=O)N2CCN(CCc3ccc(Cl)cc3)CC2)c1. The van der Waals surface area contributed by atoms with Gasteiger partial charge in [-0.15, -0.1) is 0 Å². The molecule has 30 heavy (non-hydrogen) atoms. The Labute approximate surface area is 185 Å². The fourth-order valence-electron chi connectivity index (χ4n) is 3.55. The molecule has 1 heterocycles. The van der Waals surface area contributed by atoms with Gasteiger partial charge in [-0.1, -0.05) is 29.8 Å². The first-order valence-electron chi connectivity index (χ1n) is 10.7. The minimum absolute atomic E-state index is 0.106. The Morgan fingerprint density at radius 1 is 1.10 bits per heavy atom. The second kappa shape index (κ2) is 11.3. The number of carbonyl (C=O) groups excluding carboxylic acids is 1. The van der Waals surface area contributed by atoms with Gasteiger partial charge in [0.15, 0.2) is 0 Å². The maximum Gasteiger partial charge on any atom is 0.254 e. The first kappa shape index (κ1) is 22.6. The summed E-state index contributed by atoms with van der Waals surface area (Å²) in [6, 6.07) is 15.8. The number of amides is 1. The molecule has 1 aliphatic rings. The van der Waals surface area contributed by atoms with E-state index in [0.29, 0.717) is 6.61 Å². The Morgan fingerprint density at radius 3 is 2.53 bits per heavy atom. The molecule has 2 aromatic carbocycles. The largest absolute Gasteiger partial charge is 0.383 e. The predicted molar refractivity (Wildman–Crippen MR) is 124 cm³/mol. The maximum atomic E-state index is 12.9. The molecular formula is C24H32ClN3O2. The van der Waals surface area contributed by atoms with Crippen LogP contribution in [0.2, 0.25) is 5.02 Å². The predicted octanol–water partition coefficient (Wildman–Crippen LogP) is 4.18. The van der Waals surface area contributed by atoms with Gasteiger partial charge in [0, 0.05) is 55.5 Å². The fourth-order valence-corrected chi connectivity index (χ4v) is 3.67. The number of nitrogens with one attached hydrogen (secondary N) is 1. The Bertz CT molecular complexity index is 802. The van der Waals surface area contributed by atoms with Crippen LogP contribution in [0, 0.1) is 0 Å². The van der Waals surface area contributed by atoms with E-state index in [-0.39, 0.29) is 12.0 Å². The number of nitrogens with zero attached hydrogens (tertiary/aromatic N) is 2. The Balaban J connectivity index is 1.44. The van der Waals surface area contributed by atoms with Gasteiger partial charge in [0.2, 0.25) is 0 Å². The molecule has 0 aromatic heterocycles. The van der Waals surface area contributed by atoms with Gasteiger partial charge >= 0.3 is 0 Å². The molecule has 1 N–H and O–H groups in total. The van der Waals surface area contributed by atoms with Crippen molar-refractivity contribution < 1.29 is 9.53 Å². The van der Waals surface area contributed by atoms with Crippen LogP contribution in [0.1, 0.15) is 29.8 Å². The summed E-state index contributed by atoms with van der Waals surface area (Å²) in [6.07, 6.45) is 1.23. The first-order chi connectivity index (χ1) is 14.5. The van der Waals surface area contributed by atoms with Crippen molar-refractivity contribution >= 4 is 23.2 Å². The van der Waals surface area contributed by atoms with Crippen molar-refractivity contribution in [1.82, 2.24) is 9.80 Å². The lowest BCUT2D eigenvalue weighted by Crippen LogP contribution is -2.49. The molecule has 1 aliphatic heterocycles. The summed E-state index contributed by atoms with van der Waals surface area (Å²) in [6.45, 7) is 9.76. The van der Waals surface area contributed by atoms with Crippen LogP contribution in [0.3, 0.4) is 0 Å². The van der Waals surface area contributed by atoms with E-state index in [9.17, 15) is 4.79 Å². The van der Waals surface area contributed by atoms with E-state index in [1.165, 1.54) is 5.56 Å². The highest BCUT2D eigenvalue weighted by atomic mass is 35.5. The summed E-state index contributed by atoms with van der Waals surface area (Å²) in [7, 11) is 0. The van der Waals surface area contributed by atoms with Gasteiger partial charge in [-0.25, -0.2) is 0 Å². The lowest BCUT2D eigenvalue weighted by atomic mass is 10.1. The van der Waals surface area contributed by atoms with Gasteiger partial charge < -0.3 is 15.0 Å². The molecule has 0 saturated carbocycles. The zero-order chi connectivity index (χ0) is 21.3. The molecule has 0 spiro atoms. The summed E-state index contributed by atoms with van der Waals surface area (Å²) >= 11 is 5.95. The molecule has 3 rings (SSSR count). The van der Waals surface area contributed by atoms with E-state index in [4.69, 9.17) is 16.3 Å². The number of piperazine rings is 1. The molecule has 1 saturated heterocycles. The molecule has 5 nitrogen and oxygen atoms in total. The van der Waals surface area contributed by atoms with Crippen LogP contribution in [0.4, 0.5) is 5.69 Å². The van der Waals surface area contributed by atoms with Gasteiger partial charge in [0.1, 0.15) is 0 Å². The summed E-state index contributed by atoms with van der Waals surface area (Å²) in [5.74, 6) is 0.106. The zero-order valence-corrected chi connectivity index (χ0v) is 18.7. The van der Waals surface area contributed by atoms with Crippen LogP contribution in [-0.4, -0.2) is 67.7 Å². The molecule has 0 aliphatic carbocycles. The quantitative estimate of drug-likeness (QED) is 0.607. The summed E-state index contributed by atoms with van der Waals surface area (Å²) in [5, 5.41) is 4.10. The average Bonchev–Trinajstić information content (AvgIpc) is 2.76. The molecule has 2 aromatic rings. The highest BCUT2D eigenvalue weighted by molar-refractivity contribution is 6.30. The minimum Gasteiger partial charge on any atom is -0.383 e. The summed E-state index contributed by atoms with van der Waals surface area (Å²) in [4.78, 5) is 17.3. The van der Waals surface area contributed by atoms with Crippen molar-refractivity contribution in [3.05, 3.63) is 64.7 Å². The molecule has 0 atom stereocenters. The number of ether oxygens (including phenoxy) is 1. The van der Waals surface area contributed by atoms with E-state index in [0.717, 1.165) is 62.0 Å². The molecule has 6 heteroatoms. The van der Waals surface area contributed by atoms with Crippen molar-refractivity contribution in [2.24, 2.45) is 0 Å². The standard InChI is InChI=1S/C24H32ClN3O2/c1-19(2)30-17-11-26-23-5-3-4-21(18-23)24(29)28-15-13-27(14-16-28)12-10-20-6-8-22(25)9-7-20/h3-9,18-19,26H,10-17H2,1-2H3. The van der Waals surface area contributed by atoms with Crippen molar-refractivity contribution in [2.45, 2.75) is 26.4 Å². The highest BCUT2D eigenvalue weighted by Gasteiger charge is 2.22. The fraction of sp³-hybridized carbons (Fsp3) is 0.458. The number of halogens is 1. The van der Waals surface area contributed by atoms with E-state index >= 15 is 0 Å². The van der Waals surface area contributed by atoms with Crippen LogP contribution in [0.5, 0.6) is 0 Å². The Morgan fingerprint density at radius 2 is 1.83 bits per heavy atom. The Hall–Kier alpha value is -2.08. The van der Waals surface area contributed by atoms with E-state index < -0.39 is 0 Å². The monoisotopic (exact) mass is 429 g/mol. The third-order valence-electron chi connectivity index (χ3n) is 5.28. The second-order valence-electron chi connectivity index (χ2n) is 7.94. The maximum absolute atomic E-state index is 12.9. The Kier molecular flexibility index (Phi) is 8.55. The minimum atomic E-state index is 0.106. The third-order valence-corrected chi connectivity index (χ3v) is 5.53. The van der Waals surface area contributed by atoms with Crippen molar-refractivity contribution in [3.63, 3.8) is 0 Å². The van der Waals surface area contributed by atoms with Crippen LogP contribution >= 0.6 is 11.6 Å². The van der Waals surface area contributed by atoms with Crippen LogP contribution in [0.15, 0.2) is 48.5 Å². The number of hydrogen-bond acceptors (Lipinski definition) is 4. The topological polar surface area (TPSA) is 44.8 Å². The number of hydrogen-bond donors (Lipinski definition) is 1. The van der Waals surface area contributed by atoms with Gasteiger partial charge in [-0.3, -0.25) is 9.69 Å². The van der Waals surface area contributed by atoms with Gasteiger partial charge in [-0.2, -0.15) is 0 Å². The highest BCUT2D eigenvalue weighted by Crippen LogP contribution is 2.15. The third kappa shape index (κ3) is 7.01. The average molecular weight is 430 g/mol. The molecule has 1 fully saturated rings. The zero-order valence-electron chi connectivity index (χ0n) is 17.9. The van der Waals surface area contributed by atoms with Crippen molar-refractivity contribution in [2.75, 3.05) is 51.2 Å². The van der Waals surface area contributed by atoms with Crippen LogP contribution < -0.4 is 5.32 Å². The van der Waals surface area contributed by atoms with Crippen LogP contribution in [-0.2, 0) is 11.2 Å². The molecule has 162 valence electrons. The lowest BCUT2D eigenvalue weighted by molar-refractivity contribution is 0.0638. The van der Waals surface area contributed by atoms with Crippen LogP contribution in [0.25, 0.3) is 0 Å². The number of benzene rings is 2. The van der Waals surface area contributed by atoms with E-state index in [2.05, 4.69) is 22.3 Å². The van der Waals surface area contributed by atoms with E-state index in [1.807, 2.05) is 55.1 Å². The van der Waals surface area contributed by atoms with Gasteiger partial charge in [0.05, 0.1) is 12.7 Å². The van der Waals surface area contributed by atoms with E-state index in [1.54, 1.807) is 0 Å². The normalized spacial score (nSPS) is 14.9. The number of anilines is 1. The van der Waals surface area contributed by atoms with Crippen molar-refractivity contribution in [3.8, 4) is 0 Å². The van der Waals surface area contributed by atoms with Gasteiger partial charge in [0.25, 0.3) is 5.91 Å². The number of rotatable bonds is 9. The molecule has 1 amide bonds. The number of carbonyl (C=O) groups is 1. The molecule has 0 radical (unpaired) electrons. The van der Waals surface area contributed by atoms with Crippen molar-refractivity contribution in [1.29, 1.82) is 0 Å².